The highest BCUT2D eigenvalue weighted by molar-refractivity contribution is 5.97. The number of hydrogen-bond acceptors (Lipinski definition) is 4. The topological polar surface area (TPSA) is 71.2 Å². The van der Waals surface area contributed by atoms with Crippen molar-refractivity contribution in [2.24, 2.45) is 0 Å². The number of anilines is 1. The second-order valence-corrected chi connectivity index (χ2v) is 4.71. The smallest absolute Gasteiger partial charge is 0.352 e. The molecule has 0 saturated carbocycles. The summed E-state index contributed by atoms with van der Waals surface area (Å²) in [5, 5.41) is 10.1. The Morgan fingerprint density at radius 2 is 2.11 bits per heavy atom. The number of carbonyl (C=O) groups is 1. The molecule has 6 heteroatoms. The summed E-state index contributed by atoms with van der Waals surface area (Å²) >= 11 is 0. The lowest BCUT2D eigenvalue weighted by Crippen LogP contribution is -2.19. The lowest BCUT2D eigenvalue weighted by Gasteiger charge is -2.16. The third-order valence-electron chi connectivity index (χ3n) is 3.61. The molecule has 0 amide bonds. The van der Waals surface area contributed by atoms with Crippen molar-refractivity contribution in [1.29, 1.82) is 0 Å². The Hall–Kier alpha value is -2.11. The molecule has 3 heterocycles. The van der Waals surface area contributed by atoms with Gasteiger partial charge in [-0.1, -0.05) is 0 Å². The first-order valence-corrected chi connectivity index (χ1v) is 6.55. The van der Waals surface area contributed by atoms with Crippen molar-refractivity contribution in [3.05, 3.63) is 18.1 Å². The van der Waals surface area contributed by atoms with Crippen LogP contribution in [0.1, 0.15) is 30.3 Å². The summed E-state index contributed by atoms with van der Waals surface area (Å²) in [6, 6.07) is 1.69. The molecule has 0 radical (unpaired) electrons. The Morgan fingerprint density at radius 1 is 1.37 bits per heavy atom. The van der Waals surface area contributed by atoms with Crippen LogP contribution in [0.5, 0.6) is 0 Å². The van der Waals surface area contributed by atoms with Crippen molar-refractivity contribution in [1.82, 2.24) is 14.5 Å². The number of carboxylic acids is 1. The standard InChI is InChI=1S/C13H16N4O2/c1-2-17-10(13(18)19)7-9-11(14-8-15-12(9)17)16-5-3-4-6-16/h7-8H,2-6H2,1H3,(H,18,19). The Bertz CT molecular complexity index is 629. The Kier molecular flexibility index (Phi) is 2.85. The van der Waals surface area contributed by atoms with Gasteiger partial charge in [-0.25, -0.2) is 14.8 Å². The van der Waals surface area contributed by atoms with Crippen molar-refractivity contribution >= 4 is 22.8 Å². The highest BCUT2D eigenvalue weighted by Gasteiger charge is 2.21. The van der Waals surface area contributed by atoms with E-state index >= 15 is 0 Å². The maximum Gasteiger partial charge on any atom is 0.352 e. The molecule has 2 aromatic heterocycles. The molecule has 0 aromatic carbocycles. The molecule has 0 atom stereocenters. The predicted molar refractivity (Wildman–Crippen MR) is 71.6 cm³/mol. The summed E-state index contributed by atoms with van der Waals surface area (Å²) in [7, 11) is 0. The van der Waals surface area contributed by atoms with Crippen LogP contribution in [0.25, 0.3) is 11.0 Å². The highest BCUT2D eigenvalue weighted by atomic mass is 16.4. The molecule has 0 unspecified atom stereocenters. The molecule has 3 rings (SSSR count). The molecule has 6 nitrogen and oxygen atoms in total. The number of fused-ring (bicyclic) bond motifs is 1. The van der Waals surface area contributed by atoms with E-state index in [-0.39, 0.29) is 5.69 Å². The van der Waals surface area contributed by atoms with Gasteiger partial charge in [0.05, 0.1) is 5.39 Å². The van der Waals surface area contributed by atoms with Gasteiger partial charge < -0.3 is 14.6 Å². The molecule has 1 aliphatic rings. The fourth-order valence-electron chi connectivity index (χ4n) is 2.73. The molecular formula is C13H16N4O2. The van der Waals surface area contributed by atoms with E-state index < -0.39 is 5.97 Å². The van der Waals surface area contributed by atoms with Gasteiger partial charge in [0, 0.05) is 19.6 Å². The lowest BCUT2D eigenvalue weighted by molar-refractivity contribution is 0.0686. The molecule has 1 N–H and O–H groups in total. The maximum absolute atomic E-state index is 11.3. The maximum atomic E-state index is 11.3. The van der Waals surface area contributed by atoms with Crippen LogP contribution in [0, 0.1) is 0 Å². The number of rotatable bonds is 3. The van der Waals surface area contributed by atoms with Gasteiger partial charge in [-0.3, -0.25) is 0 Å². The number of aryl methyl sites for hydroxylation is 1. The third kappa shape index (κ3) is 1.83. The minimum Gasteiger partial charge on any atom is -0.477 e. The molecule has 0 bridgehead atoms. The molecule has 1 fully saturated rings. The second-order valence-electron chi connectivity index (χ2n) is 4.71. The van der Waals surface area contributed by atoms with Crippen molar-refractivity contribution in [2.75, 3.05) is 18.0 Å². The predicted octanol–water partition coefficient (Wildman–Crippen LogP) is 1.75. The van der Waals surface area contributed by atoms with E-state index in [1.165, 1.54) is 6.33 Å². The van der Waals surface area contributed by atoms with Crippen molar-refractivity contribution in [3.8, 4) is 0 Å². The summed E-state index contributed by atoms with van der Waals surface area (Å²) in [6.45, 7) is 4.46. The van der Waals surface area contributed by atoms with Gasteiger partial charge in [0.2, 0.25) is 0 Å². The van der Waals surface area contributed by atoms with Crippen LogP contribution in [-0.4, -0.2) is 38.7 Å². The number of hydrogen-bond donors (Lipinski definition) is 1. The van der Waals surface area contributed by atoms with E-state index in [2.05, 4.69) is 14.9 Å². The zero-order chi connectivity index (χ0) is 13.4. The molecule has 1 saturated heterocycles. The monoisotopic (exact) mass is 260 g/mol. The summed E-state index contributed by atoms with van der Waals surface area (Å²) in [5.74, 6) is -0.0654. The summed E-state index contributed by atoms with van der Waals surface area (Å²) in [6.07, 6.45) is 3.84. The number of aromatic carboxylic acids is 1. The summed E-state index contributed by atoms with van der Waals surface area (Å²) < 4.78 is 1.72. The van der Waals surface area contributed by atoms with Gasteiger partial charge >= 0.3 is 5.97 Å². The normalized spacial score (nSPS) is 15.3. The average Bonchev–Trinajstić information content (AvgIpc) is 3.05. The Morgan fingerprint density at radius 3 is 2.74 bits per heavy atom. The van der Waals surface area contributed by atoms with Gasteiger partial charge in [-0.05, 0) is 25.8 Å². The van der Waals surface area contributed by atoms with Gasteiger partial charge in [0.15, 0.2) is 0 Å². The van der Waals surface area contributed by atoms with Crippen LogP contribution in [0.3, 0.4) is 0 Å². The van der Waals surface area contributed by atoms with Gasteiger partial charge in [0.1, 0.15) is 23.5 Å². The molecule has 0 spiro atoms. The first-order chi connectivity index (χ1) is 9.22. The van der Waals surface area contributed by atoms with E-state index in [0.29, 0.717) is 12.2 Å². The zero-order valence-electron chi connectivity index (χ0n) is 10.8. The third-order valence-corrected chi connectivity index (χ3v) is 3.61. The quantitative estimate of drug-likeness (QED) is 0.910. The molecular weight excluding hydrogens is 244 g/mol. The SMILES string of the molecule is CCn1c(C(=O)O)cc2c(N3CCCC3)ncnc21. The van der Waals surface area contributed by atoms with Crippen LogP contribution in [0.15, 0.2) is 12.4 Å². The van der Waals surface area contributed by atoms with Gasteiger partial charge in [-0.15, -0.1) is 0 Å². The fourth-order valence-corrected chi connectivity index (χ4v) is 2.73. The molecule has 1 aliphatic heterocycles. The Balaban J connectivity index is 2.22. The van der Waals surface area contributed by atoms with E-state index in [0.717, 1.165) is 37.1 Å². The van der Waals surface area contributed by atoms with E-state index in [4.69, 9.17) is 0 Å². The minimum atomic E-state index is -0.924. The van der Waals surface area contributed by atoms with Crippen LogP contribution in [-0.2, 0) is 6.54 Å². The first kappa shape index (κ1) is 12.0. The molecule has 100 valence electrons. The molecule has 2 aromatic rings. The van der Waals surface area contributed by atoms with Crippen molar-refractivity contribution in [2.45, 2.75) is 26.3 Å². The van der Waals surface area contributed by atoms with Crippen molar-refractivity contribution < 1.29 is 9.90 Å². The number of carboxylic acid groups (broad SMARTS) is 1. The fraction of sp³-hybridized carbons (Fsp3) is 0.462. The van der Waals surface area contributed by atoms with E-state index in [9.17, 15) is 9.90 Å². The first-order valence-electron chi connectivity index (χ1n) is 6.55. The van der Waals surface area contributed by atoms with Crippen LogP contribution in [0.2, 0.25) is 0 Å². The zero-order valence-corrected chi connectivity index (χ0v) is 10.8. The van der Waals surface area contributed by atoms with Gasteiger partial charge in [0.25, 0.3) is 0 Å². The van der Waals surface area contributed by atoms with Crippen LogP contribution in [0.4, 0.5) is 5.82 Å². The van der Waals surface area contributed by atoms with Gasteiger partial charge in [-0.2, -0.15) is 0 Å². The lowest BCUT2D eigenvalue weighted by atomic mass is 10.3. The number of nitrogens with zero attached hydrogens (tertiary/aromatic N) is 4. The second kappa shape index (κ2) is 4.53. The summed E-state index contributed by atoms with van der Waals surface area (Å²) in [5.41, 5.74) is 0.982. The van der Waals surface area contributed by atoms with E-state index in [1.54, 1.807) is 10.6 Å². The molecule has 19 heavy (non-hydrogen) atoms. The average molecular weight is 260 g/mol. The largest absolute Gasteiger partial charge is 0.477 e. The van der Waals surface area contributed by atoms with Crippen LogP contribution < -0.4 is 4.90 Å². The number of aromatic nitrogens is 3. The van der Waals surface area contributed by atoms with Crippen LogP contribution >= 0.6 is 0 Å². The summed E-state index contributed by atoms with van der Waals surface area (Å²) in [4.78, 5) is 22.1. The minimum absolute atomic E-state index is 0.276. The van der Waals surface area contributed by atoms with E-state index in [1.807, 2.05) is 6.92 Å². The molecule has 0 aliphatic carbocycles. The van der Waals surface area contributed by atoms with Crippen molar-refractivity contribution in [3.63, 3.8) is 0 Å². The highest BCUT2D eigenvalue weighted by Crippen LogP contribution is 2.28. The Labute approximate surface area is 110 Å².